The first-order chi connectivity index (χ1) is 16.3. The number of rotatable bonds is 6. The zero-order valence-electron chi connectivity index (χ0n) is 18.3. The first-order valence-electron chi connectivity index (χ1n) is 10.5. The fraction of sp³-hybridized carbons (Fsp3) is 0.381. The van der Waals surface area contributed by atoms with Gasteiger partial charge in [0.2, 0.25) is 5.91 Å². The number of nitrogens with one attached hydrogen (secondary N) is 3. The predicted molar refractivity (Wildman–Crippen MR) is 117 cm³/mol. The predicted octanol–water partition coefficient (Wildman–Crippen LogP) is 1.90. The molecule has 1 unspecified atom stereocenters. The molecular formula is C21H22F3N7O3. The molecule has 180 valence electrons. The standard InChI is InChI=1S/C21H22F3N7O3/c1-10(11-4-3-5-12(16(11)22)18(23)24)26-19-13-8-15(27-20(32)14-9-34-7-6-25-14)28-29-17(13)21(33)31(2)30-19/h3-5,8,10,14,18,25H,6-7,9H2,1-2H3,(H,26,30)(H,27,28,32)/t10-,14?/m1/s1. The summed E-state index contributed by atoms with van der Waals surface area (Å²) >= 11 is 0. The molecule has 0 aliphatic carbocycles. The number of ether oxygens (including phenoxy) is 1. The second kappa shape index (κ2) is 9.73. The van der Waals surface area contributed by atoms with Crippen LogP contribution >= 0.6 is 0 Å². The minimum atomic E-state index is -2.96. The minimum absolute atomic E-state index is 0.000479. The van der Waals surface area contributed by atoms with E-state index in [9.17, 15) is 22.8 Å². The average Bonchev–Trinajstić information content (AvgIpc) is 2.82. The van der Waals surface area contributed by atoms with Gasteiger partial charge in [0.25, 0.3) is 12.0 Å². The van der Waals surface area contributed by atoms with Gasteiger partial charge in [0.1, 0.15) is 11.9 Å². The maximum atomic E-state index is 14.6. The number of morpholine rings is 1. The molecule has 3 N–H and O–H groups in total. The summed E-state index contributed by atoms with van der Waals surface area (Å²) in [5.74, 6) is -1.21. The molecule has 13 heteroatoms. The van der Waals surface area contributed by atoms with Crippen molar-refractivity contribution in [2.24, 2.45) is 7.05 Å². The lowest BCUT2D eigenvalue weighted by Crippen LogP contribution is -2.48. The van der Waals surface area contributed by atoms with Crippen molar-refractivity contribution in [2.75, 3.05) is 30.4 Å². The van der Waals surface area contributed by atoms with Crippen LogP contribution in [0, 0.1) is 5.82 Å². The van der Waals surface area contributed by atoms with E-state index in [0.717, 1.165) is 10.7 Å². The van der Waals surface area contributed by atoms with Crippen LogP contribution < -0.4 is 21.5 Å². The third kappa shape index (κ3) is 4.70. The van der Waals surface area contributed by atoms with E-state index in [0.29, 0.717) is 13.2 Å². The Bertz CT molecular complexity index is 1280. The number of alkyl halides is 2. The topological polar surface area (TPSA) is 123 Å². The maximum absolute atomic E-state index is 14.6. The van der Waals surface area contributed by atoms with E-state index >= 15 is 0 Å². The lowest BCUT2D eigenvalue weighted by Gasteiger charge is -2.22. The average molecular weight is 477 g/mol. The fourth-order valence-electron chi connectivity index (χ4n) is 3.60. The fourth-order valence-corrected chi connectivity index (χ4v) is 3.60. The second-order valence-electron chi connectivity index (χ2n) is 7.76. The number of nitrogens with zero attached hydrogens (tertiary/aromatic N) is 4. The summed E-state index contributed by atoms with van der Waals surface area (Å²) in [5.41, 5.74) is -1.28. The summed E-state index contributed by atoms with van der Waals surface area (Å²) in [5, 5.41) is 20.8. The Morgan fingerprint density at radius 3 is 2.76 bits per heavy atom. The van der Waals surface area contributed by atoms with Crippen molar-refractivity contribution in [3.05, 3.63) is 51.6 Å². The van der Waals surface area contributed by atoms with Crippen LogP contribution in [0.2, 0.25) is 0 Å². The van der Waals surface area contributed by atoms with Crippen molar-refractivity contribution >= 4 is 28.4 Å². The van der Waals surface area contributed by atoms with Crippen LogP contribution in [0.1, 0.15) is 30.5 Å². The molecule has 3 aromatic rings. The molecular weight excluding hydrogens is 455 g/mol. The summed E-state index contributed by atoms with van der Waals surface area (Å²) in [4.78, 5) is 25.0. The first-order valence-corrected chi connectivity index (χ1v) is 10.5. The van der Waals surface area contributed by atoms with Crippen LogP contribution in [0.15, 0.2) is 29.1 Å². The van der Waals surface area contributed by atoms with Gasteiger partial charge in [-0.3, -0.25) is 9.59 Å². The molecule has 1 aromatic carbocycles. The van der Waals surface area contributed by atoms with Gasteiger partial charge in [-0.2, -0.15) is 5.10 Å². The van der Waals surface area contributed by atoms with Crippen molar-refractivity contribution < 1.29 is 22.7 Å². The number of hydrogen-bond donors (Lipinski definition) is 3. The van der Waals surface area contributed by atoms with Gasteiger partial charge < -0.3 is 20.7 Å². The van der Waals surface area contributed by atoms with Crippen LogP contribution in [-0.2, 0) is 16.6 Å². The molecule has 2 atom stereocenters. The molecule has 2 aromatic heterocycles. The summed E-state index contributed by atoms with van der Waals surface area (Å²) in [7, 11) is 1.40. The zero-order valence-corrected chi connectivity index (χ0v) is 18.3. The third-order valence-electron chi connectivity index (χ3n) is 5.40. The van der Waals surface area contributed by atoms with E-state index in [4.69, 9.17) is 4.74 Å². The minimum Gasteiger partial charge on any atom is -0.378 e. The SMILES string of the molecule is C[C@@H](Nc1nn(C)c(=O)c2nnc(NC(=O)C3COCCN3)cc12)c1cccc(C(F)F)c1F. The van der Waals surface area contributed by atoms with Crippen LogP contribution in [-0.4, -0.2) is 51.7 Å². The van der Waals surface area contributed by atoms with Gasteiger partial charge in [-0.1, -0.05) is 18.2 Å². The lowest BCUT2D eigenvalue weighted by atomic mass is 10.0. The number of carbonyl (C=O) groups excluding carboxylic acids is 1. The third-order valence-corrected chi connectivity index (χ3v) is 5.40. The maximum Gasteiger partial charge on any atom is 0.295 e. The number of amides is 1. The molecule has 1 amide bonds. The Balaban J connectivity index is 1.67. The first kappa shape index (κ1) is 23.6. The Hall–Kier alpha value is -3.58. The Labute approximate surface area is 191 Å². The number of aryl methyl sites for hydroxylation is 1. The molecule has 0 radical (unpaired) electrons. The highest BCUT2D eigenvalue weighted by Gasteiger charge is 2.23. The van der Waals surface area contributed by atoms with Crippen molar-refractivity contribution in [1.29, 1.82) is 0 Å². The van der Waals surface area contributed by atoms with E-state index in [1.807, 2.05) is 0 Å². The molecule has 0 bridgehead atoms. The summed E-state index contributed by atoms with van der Waals surface area (Å²) in [6.07, 6.45) is -2.96. The summed E-state index contributed by atoms with van der Waals surface area (Å²) in [6.45, 7) is 2.79. The highest BCUT2D eigenvalue weighted by atomic mass is 19.3. The highest BCUT2D eigenvalue weighted by molar-refractivity contribution is 5.97. The van der Waals surface area contributed by atoms with Crippen LogP contribution in [0.25, 0.3) is 10.9 Å². The smallest absolute Gasteiger partial charge is 0.295 e. The molecule has 1 aliphatic heterocycles. The van der Waals surface area contributed by atoms with Crippen LogP contribution in [0.5, 0.6) is 0 Å². The monoisotopic (exact) mass is 477 g/mol. The number of fused-ring (bicyclic) bond motifs is 1. The molecule has 1 fully saturated rings. The molecule has 3 heterocycles. The number of halogens is 3. The molecule has 34 heavy (non-hydrogen) atoms. The summed E-state index contributed by atoms with van der Waals surface area (Å²) < 4.78 is 47.2. The van der Waals surface area contributed by atoms with Crippen molar-refractivity contribution in [3.63, 3.8) is 0 Å². The number of anilines is 2. The highest BCUT2D eigenvalue weighted by Crippen LogP contribution is 2.30. The number of benzene rings is 1. The molecule has 0 saturated carbocycles. The Kier molecular flexibility index (Phi) is 6.75. The van der Waals surface area contributed by atoms with Crippen LogP contribution in [0.3, 0.4) is 0 Å². The normalized spacial score (nSPS) is 17.1. The van der Waals surface area contributed by atoms with E-state index < -0.39 is 35.4 Å². The number of aromatic nitrogens is 4. The number of carbonyl (C=O) groups is 1. The van der Waals surface area contributed by atoms with Gasteiger partial charge in [0.15, 0.2) is 17.2 Å². The number of hydrogen-bond acceptors (Lipinski definition) is 8. The van der Waals surface area contributed by atoms with Crippen molar-refractivity contribution in [3.8, 4) is 0 Å². The zero-order chi connectivity index (χ0) is 24.4. The van der Waals surface area contributed by atoms with E-state index in [-0.39, 0.29) is 40.6 Å². The van der Waals surface area contributed by atoms with Crippen molar-refractivity contribution in [1.82, 2.24) is 25.3 Å². The van der Waals surface area contributed by atoms with Gasteiger partial charge in [-0.25, -0.2) is 17.9 Å². The Morgan fingerprint density at radius 2 is 2.06 bits per heavy atom. The van der Waals surface area contributed by atoms with Gasteiger partial charge >= 0.3 is 0 Å². The van der Waals surface area contributed by atoms with Gasteiger partial charge in [0, 0.05) is 19.2 Å². The van der Waals surface area contributed by atoms with Gasteiger partial charge in [-0.15, -0.1) is 10.2 Å². The Morgan fingerprint density at radius 1 is 1.29 bits per heavy atom. The summed E-state index contributed by atoms with van der Waals surface area (Å²) in [6, 6.07) is 3.80. The van der Waals surface area contributed by atoms with E-state index in [2.05, 4.69) is 31.2 Å². The molecule has 0 spiro atoms. The molecule has 10 nitrogen and oxygen atoms in total. The van der Waals surface area contributed by atoms with Crippen LogP contribution in [0.4, 0.5) is 24.8 Å². The molecule has 1 saturated heterocycles. The van der Waals surface area contributed by atoms with Crippen molar-refractivity contribution in [2.45, 2.75) is 25.4 Å². The lowest BCUT2D eigenvalue weighted by molar-refractivity contribution is -0.120. The van der Waals surface area contributed by atoms with Gasteiger partial charge in [-0.05, 0) is 13.0 Å². The van der Waals surface area contributed by atoms with E-state index in [1.54, 1.807) is 6.92 Å². The van der Waals surface area contributed by atoms with Gasteiger partial charge in [0.05, 0.1) is 30.2 Å². The largest absolute Gasteiger partial charge is 0.378 e. The van der Waals surface area contributed by atoms with E-state index in [1.165, 1.54) is 25.2 Å². The second-order valence-corrected chi connectivity index (χ2v) is 7.76. The molecule has 1 aliphatic rings. The molecule has 4 rings (SSSR count). The quantitative estimate of drug-likeness (QED) is 0.492.